The first kappa shape index (κ1) is 7.28. The summed E-state index contributed by atoms with van der Waals surface area (Å²) in [5.74, 6) is -0.447. The number of halogens is 2. The second-order valence-electron chi connectivity index (χ2n) is 2.61. The summed E-state index contributed by atoms with van der Waals surface area (Å²) in [6.45, 7) is 1.49. The van der Waals surface area contributed by atoms with Crippen LogP contribution >= 0.6 is 0 Å². The quantitative estimate of drug-likeness (QED) is 0.589. The van der Waals surface area contributed by atoms with E-state index in [0.29, 0.717) is 0 Å². The smallest absolute Gasteiger partial charge is 0.281 e. The van der Waals surface area contributed by atoms with Gasteiger partial charge in [-0.1, -0.05) is 6.07 Å². The molecule has 0 fully saturated rings. The maximum atomic E-state index is 13.0. The molecule has 1 heterocycles. The average Bonchev–Trinajstić information content (AvgIpc) is 2.29. The van der Waals surface area contributed by atoms with Crippen LogP contribution in [0.5, 0.6) is 0 Å². The van der Waals surface area contributed by atoms with Gasteiger partial charge in [-0.05, 0) is 19.1 Å². The molecule has 62 valence electrons. The van der Waals surface area contributed by atoms with Gasteiger partial charge in [0.05, 0.1) is 5.39 Å². The predicted molar refractivity (Wildman–Crippen MR) is 40.9 cm³/mol. The Morgan fingerprint density at radius 2 is 2.00 bits per heavy atom. The summed E-state index contributed by atoms with van der Waals surface area (Å²) < 4.78 is 30.5. The van der Waals surface area contributed by atoms with Crippen LogP contribution in [-0.4, -0.2) is 0 Å². The third-order valence-electron chi connectivity index (χ3n) is 1.84. The van der Waals surface area contributed by atoms with E-state index in [1.165, 1.54) is 25.1 Å². The Balaban J connectivity index is 2.97. The molecular formula is C9H6F2O. The van der Waals surface area contributed by atoms with E-state index >= 15 is 0 Å². The zero-order chi connectivity index (χ0) is 8.72. The minimum atomic E-state index is -0.713. The first-order valence-corrected chi connectivity index (χ1v) is 3.53. The summed E-state index contributed by atoms with van der Waals surface area (Å²) in [6.07, 6.45) is 0. The molecule has 0 N–H and O–H groups in total. The minimum absolute atomic E-state index is 0.225. The standard InChI is InChI=1S/C9H6F2O/c1-5-8-6(10)3-2-4-7(8)12-9(5)11/h2-4H,1H3. The fourth-order valence-corrected chi connectivity index (χ4v) is 1.22. The van der Waals surface area contributed by atoms with E-state index in [-0.39, 0.29) is 16.5 Å². The molecule has 1 aromatic carbocycles. The molecule has 12 heavy (non-hydrogen) atoms. The van der Waals surface area contributed by atoms with Crippen LogP contribution in [0.4, 0.5) is 8.78 Å². The molecule has 2 rings (SSSR count). The van der Waals surface area contributed by atoms with Crippen molar-refractivity contribution < 1.29 is 13.2 Å². The maximum absolute atomic E-state index is 13.0. The summed E-state index contributed by atoms with van der Waals surface area (Å²) in [5.41, 5.74) is 0.480. The van der Waals surface area contributed by atoms with Crippen LogP contribution in [0, 0.1) is 18.8 Å². The lowest BCUT2D eigenvalue weighted by atomic mass is 10.2. The first-order valence-electron chi connectivity index (χ1n) is 3.53. The molecule has 3 heteroatoms. The highest BCUT2D eigenvalue weighted by molar-refractivity contribution is 5.81. The number of hydrogen-bond donors (Lipinski definition) is 0. The van der Waals surface area contributed by atoms with Crippen molar-refractivity contribution in [1.29, 1.82) is 0 Å². The maximum Gasteiger partial charge on any atom is 0.281 e. The number of fused-ring (bicyclic) bond motifs is 1. The van der Waals surface area contributed by atoms with E-state index in [9.17, 15) is 8.78 Å². The topological polar surface area (TPSA) is 13.1 Å². The number of rotatable bonds is 0. The largest absolute Gasteiger partial charge is 0.431 e. The zero-order valence-electron chi connectivity index (χ0n) is 6.40. The lowest BCUT2D eigenvalue weighted by Crippen LogP contribution is -1.77. The minimum Gasteiger partial charge on any atom is -0.431 e. The molecule has 0 saturated heterocycles. The van der Waals surface area contributed by atoms with Gasteiger partial charge in [-0.2, -0.15) is 4.39 Å². The summed E-state index contributed by atoms with van der Waals surface area (Å²) in [4.78, 5) is 0. The molecule has 0 aliphatic carbocycles. The van der Waals surface area contributed by atoms with Crippen molar-refractivity contribution in [3.05, 3.63) is 35.6 Å². The van der Waals surface area contributed by atoms with Crippen LogP contribution in [0.15, 0.2) is 22.6 Å². The van der Waals surface area contributed by atoms with Gasteiger partial charge in [-0.3, -0.25) is 0 Å². The van der Waals surface area contributed by atoms with Gasteiger partial charge >= 0.3 is 0 Å². The van der Waals surface area contributed by atoms with Crippen LogP contribution in [-0.2, 0) is 0 Å². The van der Waals surface area contributed by atoms with Gasteiger partial charge in [0, 0.05) is 5.56 Å². The van der Waals surface area contributed by atoms with Crippen molar-refractivity contribution in [3.63, 3.8) is 0 Å². The third-order valence-corrected chi connectivity index (χ3v) is 1.84. The van der Waals surface area contributed by atoms with Crippen LogP contribution in [0.3, 0.4) is 0 Å². The highest BCUT2D eigenvalue weighted by Crippen LogP contribution is 2.25. The fraction of sp³-hybridized carbons (Fsp3) is 0.111. The van der Waals surface area contributed by atoms with E-state index < -0.39 is 11.8 Å². The monoisotopic (exact) mass is 168 g/mol. The van der Waals surface area contributed by atoms with E-state index in [0.717, 1.165) is 0 Å². The normalized spacial score (nSPS) is 10.9. The lowest BCUT2D eigenvalue weighted by molar-refractivity contribution is 0.376. The van der Waals surface area contributed by atoms with Crippen molar-refractivity contribution in [1.82, 2.24) is 0 Å². The molecule has 0 spiro atoms. The van der Waals surface area contributed by atoms with Gasteiger partial charge in [0.2, 0.25) is 0 Å². The molecule has 0 aliphatic rings. The van der Waals surface area contributed by atoms with E-state index in [1.54, 1.807) is 0 Å². The van der Waals surface area contributed by atoms with Crippen molar-refractivity contribution in [2.45, 2.75) is 6.92 Å². The van der Waals surface area contributed by atoms with Crippen molar-refractivity contribution in [2.24, 2.45) is 0 Å². The van der Waals surface area contributed by atoms with E-state index in [4.69, 9.17) is 0 Å². The molecule has 1 nitrogen and oxygen atoms in total. The SMILES string of the molecule is Cc1c(F)oc2cccc(F)c12. The number of benzene rings is 1. The molecule has 1 aromatic heterocycles. The molecule has 2 aromatic rings. The first-order chi connectivity index (χ1) is 5.70. The average molecular weight is 168 g/mol. The van der Waals surface area contributed by atoms with Crippen LogP contribution in [0.2, 0.25) is 0 Å². The third kappa shape index (κ3) is 0.826. The molecular weight excluding hydrogens is 162 g/mol. The van der Waals surface area contributed by atoms with Crippen LogP contribution in [0.25, 0.3) is 11.0 Å². The van der Waals surface area contributed by atoms with Gasteiger partial charge in [-0.25, -0.2) is 4.39 Å². The van der Waals surface area contributed by atoms with Gasteiger partial charge < -0.3 is 4.42 Å². The van der Waals surface area contributed by atoms with Gasteiger partial charge in [0.1, 0.15) is 11.4 Å². The van der Waals surface area contributed by atoms with Crippen molar-refractivity contribution >= 4 is 11.0 Å². The lowest BCUT2D eigenvalue weighted by Gasteiger charge is -1.89. The molecule has 0 bridgehead atoms. The molecule has 0 unspecified atom stereocenters. The molecule has 0 atom stereocenters. The molecule has 0 radical (unpaired) electrons. The van der Waals surface area contributed by atoms with Gasteiger partial charge in [0.25, 0.3) is 6.01 Å². The van der Waals surface area contributed by atoms with Crippen LogP contribution in [0.1, 0.15) is 5.56 Å². The van der Waals surface area contributed by atoms with Crippen LogP contribution < -0.4 is 0 Å². The summed E-state index contributed by atoms with van der Waals surface area (Å²) in [5, 5.41) is 0.231. The highest BCUT2D eigenvalue weighted by Gasteiger charge is 2.12. The summed E-state index contributed by atoms with van der Waals surface area (Å²) in [6, 6.07) is 3.59. The van der Waals surface area contributed by atoms with Crippen molar-refractivity contribution in [3.8, 4) is 0 Å². The van der Waals surface area contributed by atoms with E-state index in [1.807, 2.05) is 0 Å². The van der Waals surface area contributed by atoms with Crippen molar-refractivity contribution in [2.75, 3.05) is 0 Å². The Bertz CT molecular complexity index is 431. The fourth-order valence-electron chi connectivity index (χ4n) is 1.22. The summed E-state index contributed by atoms with van der Waals surface area (Å²) in [7, 11) is 0. The zero-order valence-corrected chi connectivity index (χ0v) is 6.40. The second-order valence-corrected chi connectivity index (χ2v) is 2.61. The number of hydrogen-bond acceptors (Lipinski definition) is 1. The predicted octanol–water partition coefficient (Wildman–Crippen LogP) is 3.02. The highest BCUT2D eigenvalue weighted by atomic mass is 19.1. The Labute approximate surface area is 67.6 Å². The van der Waals surface area contributed by atoms with E-state index in [2.05, 4.69) is 4.42 Å². The Hall–Kier alpha value is -1.38. The Morgan fingerprint density at radius 3 is 2.67 bits per heavy atom. The molecule has 0 saturated carbocycles. The molecule has 0 aliphatic heterocycles. The molecule has 0 amide bonds. The number of aryl methyl sites for hydroxylation is 1. The Kier molecular flexibility index (Phi) is 1.40. The Morgan fingerprint density at radius 1 is 1.25 bits per heavy atom. The summed E-state index contributed by atoms with van der Waals surface area (Å²) >= 11 is 0. The van der Waals surface area contributed by atoms with Gasteiger partial charge in [0.15, 0.2) is 0 Å². The van der Waals surface area contributed by atoms with Gasteiger partial charge in [-0.15, -0.1) is 0 Å². The number of furan rings is 1. The second kappa shape index (κ2) is 2.30.